The first kappa shape index (κ1) is 42.3. The van der Waals surface area contributed by atoms with Gasteiger partial charge in [0, 0.05) is 22.7 Å². The lowest BCUT2D eigenvalue weighted by Crippen LogP contribution is -1.96. The van der Waals surface area contributed by atoms with E-state index in [-0.39, 0.29) is 0 Å². The molecule has 0 radical (unpaired) electrons. The van der Waals surface area contributed by atoms with Crippen molar-refractivity contribution < 1.29 is 0 Å². The largest absolute Gasteiger partial charge is 0.356 e. The Bertz CT molecular complexity index is 3150. The molecule has 2 N–H and O–H groups in total. The van der Waals surface area contributed by atoms with E-state index < -0.39 is 0 Å². The molecule has 66 heavy (non-hydrogen) atoms. The van der Waals surface area contributed by atoms with Crippen molar-refractivity contribution in [3.63, 3.8) is 0 Å². The van der Waals surface area contributed by atoms with E-state index in [0.29, 0.717) is 0 Å². The number of hydrogen-bond donors (Lipinski definition) is 2. The number of rotatable bonds is 11. The number of fused-ring (bicyclic) bond motifs is 2. The summed E-state index contributed by atoms with van der Waals surface area (Å²) in [7, 11) is 0. The number of anilines is 4. The van der Waals surface area contributed by atoms with Crippen molar-refractivity contribution in [3.8, 4) is 55.6 Å². The molecule has 10 aromatic rings. The average molecular weight is 853 g/mol. The second-order valence-corrected chi connectivity index (χ2v) is 17.9. The van der Waals surface area contributed by atoms with Crippen molar-refractivity contribution >= 4 is 44.3 Å². The molecule has 0 aliphatic carbocycles. The van der Waals surface area contributed by atoms with Gasteiger partial charge in [0.2, 0.25) is 0 Å². The van der Waals surface area contributed by atoms with E-state index >= 15 is 0 Å². The van der Waals surface area contributed by atoms with Crippen LogP contribution in [-0.4, -0.2) is 0 Å². The van der Waals surface area contributed by atoms with E-state index in [1.54, 1.807) is 0 Å². The Morgan fingerprint density at radius 3 is 0.985 bits per heavy atom. The fourth-order valence-corrected chi connectivity index (χ4v) is 9.93. The van der Waals surface area contributed by atoms with Crippen LogP contribution in [-0.2, 0) is 12.8 Å². The first-order chi connectivity index (χ1) is 32.2. The summed E-state index contributed by atoms with van der Waals surface area (Å²) in [4.78, 5) is 0. The van der Waals surface area contributed by atoms with E-state index in [9.17, 15) is 0 Å². The van der Waals surface area contributed by atoms with Gasteiger partial charge in [-0.25, -0.2) is 0 Å². The van der Waals surface area contributed by atoms with E-state index in [0.717, 1.165) is 35.6 Å². The minimum atomic E-state index is 0.970. The Kier molecular flexibility index (Phi) is 11.6. The molecule has 0 bridgehead atoms. The van der Waals surface area contributed by atoms with Gasteiger partial charge in [0.1, 0.15) is 0 Å². The van der Waals surface area contributed by atoms with Gasteiger partial charge in [0.05, 0.1) is 0 Å². The van der Waals surface area contributed by atoms with Crippen LogP contribution < -0.4 is 10.6 Å². The molecule has 0 aliphatic heterocycles. The number of nitrogens with one attached hydrogen (secondary N) is 2. The predicted molar refractivity (Wildman–Crippen MR) is 286 cm³/mol. The molecule has 0 atom stereocenters. The van der Waals surface area contributed by atoms with Crippen molar-refractivity contribution in [2.24, 2.45) is 0 Å². The Hall–Kier alpha value is -7.68. The highest BCUT2D eigenvalue weighted by Crippen LogP contribution is 2.45. The van der Waals surface area contributed by atoms with Gasteiger partial charge in [-0.2, -0.15) is 0 Å². The van der Waals surface area contributed by atoms with E-state index in [2.05, 4.69) is 246 Å². The molecule has 2 heteroatoms. The Morgan fingerprint density at radius 1 is 0.303 bits per heavy atom. The molecular formula is C64H56N2. The fourth-order valence-electron chi connectivity index (χ4n) is 9.93. The maximum atomic E-state index is 3.68. The van der Waals surface area contributed by atoms with Gasteiger partial charge < -0.3 is 10.6 Å². The maximum absolute atomic E-state index is 3.68. The molecule has 0 amide bonds. The maximum Gasteiger partial charge on any atom is 0.0387 e. The quantitative estimate of drug-likeness (QED) is 0.135. The summed E-state index contributed by atoms with van der Waals surface area (Å²) in [6, 6.07) is 71.6. The Balaban J connectivity index is 0.936. The minimum absolute atomic E-state index is 0.970. The average Bonchev–Trinajstić information content (AvgIpc) is 3.35. The summed E-state index contributed by atoms with van der Waals surface area (Å²) in [6.07, 6.45) is 1.94. The zero-order chi connectivity index (χ0) is 45.3. The fraction of sp³-hybridized carbons (Fsp3) is 0.125. The number of benzene rings is 10. The third-order valence-corrected chi connectivity index (χ3v) is 13.4. The van der Waals surface area contributed by atoms with Crippen LogP contribution >= 0.6 is 0 Å². The lowest BCUT2D eigenvalue weighted by molar-refractivity contribution is 1.14. The van der Waals surface area contributed by atoms with Crippen LogP contribution in [0.1, 0.15) is 47.2 Å². The molecule has 10 aromatic carbocycles. The van der Waals surface area contributed by atoms with Gasteiger partial charge in [-0.05, 0) is 189 Å². The van der Waals surface area contributed by atoms with Gasteiger partial charge in [0.15, 0.2) is 0 Å². The molecule has 0 aromatic heterocycles. The smallest absolute Gasteiger partial charge is 0.0387 e. The normalized spacial score (nSPS) is 11.3. The van der Waals surface area contributed by atoms with Gasteiger partial charge >= 0.3 is 0 Å². The molecule has 0 unspecified atom stereocenters. The third-order valence-electron chi connectivity index (χ3n) is 13.4. The molecule has 0 saturated heterocycles. The summed E-state index contributed by atoms with van der Waals surface area (Å²) in [5.74, 6) is 0. The van der Waals surface area contributed by atoms with Crippen LogP contribution in [0.2, 0.25) is 0 Å². The highest BCUT2D eigenvalue weighted by molar-refractivity contribution is 6.14. The van der Waals surface area contributed by atoms with Gasteiger partial charge in [0.25, 0.3) is 0 Å². The van der Waals surface area contributed by atoms with Crippen molar-refractivity contribution in [3.05, 3.63) is 228 Å². The molecule has 2 nitrogen and oxygen atoms in total. The van der Waals surface area contributed by atoms with E-state index in [1.807, 2.05) is 0 Å². The van der Waals surface area contributed by atoms with Crippen LogP contribution in [0.25, 0.3) is 77.2 Å². The molecule has 322 valence electrons. The summed E-state index contributed by atoms with van der Waals surface area (Å²) < 4.78 is 0. The highest BCUT2D eigenvalue weighted by Gasteiger charge is 2.19. The van der Waals surface area contributed by atoms with Crippen LogP contribution in [0, 0.1) is 27.7 Å². The van der Waals surface area contributed by atoms with Gasteiger partial charge in [-0.15, -0.1) is 0 Å². The van der Waals surface area contributed by atoms with Crippen LogP contribution in [0.3, 0.4) is 0 Å². The molecule has 0 heterocycles. The standard InChI is InChI=1S/C64H56N2/c1-7-45-39-53(33-35-55(45)47-21-17-41(3)18-22-47)65-51-29-25-49(26-30-51)61-37-43(5)63(59-15-11-9-13-57(59)61)64-44(6)38-62(58-14-10-12-16-60(58)64)50-27-31-52(32-28-50)66-54-34-36-56(46(8-2)40-54)48-23-19-42(4)20-24-48/h9-40,65-66H,7-8H2,1-6H3. The van der Waals surface area contributed by atoms with Crippen molar-refractivity contribution in [2.75, 3.05) is 10.6 Å². The number of hydrogen-bond acceptors (Lipinski definition) is 2. The monoisotopic (exact) mass is 852 g/mol. The lowest BCUT2D eigenvalue weighted by atomic mass is 9.83. The summed E-state index contributed by atoms with van der Waals surface area (Å²) in [6.45, 7) is 13.3. The summed E-state index contributed by atoms with van der Waals surface area (Å²) >= 11 is 0. The van der Waals surface area contributed by atoms with Crippen molar-refractivity contribution in [1.82, 2.24) is 0 Å². The van der Waals surface area contributed by atoms with E-state index in [1.165, 1.54) is 111 Å². The van der Waals surface area contributed by atoms with Crippen LogP contribution in [0.5, 0.6) is 0 Å². The molecule has 0 spiro atoms. The number of aryl methyl sites for hydroxylation is 6. The Morgan fingerprint density at radius 2 is 0.621 bits per heavy atom. The second kappa shape index (κ2) is 18.1. The highest BCUT2D eigenvalue weighted by atomic mass is 14.9. The SMILES string of the molecule is CCc1cc(Nc2ccc(-c3cc(C)c(-c4c(C)cc(-c5ccc(Nc6ccc(-c7ccc(C)cc7)c(CC)c6)cc5)c5ccccc45)c4ccccc34)cc2)ccc1-c1ccc(C)cc1. The summed E-state index contributed by atoms with van der Waals surface area (Å²) in [5, 5.41) is 12.4. The van der Waals surface area contributed by atoms with Crippen molar-refractivity contribution in [2.45, 2.75) is 54.4 Å². The lowest BCUT2D eigenvalue weighted by Gasteiger charge is -2.21. The molecular weight excluding hydrogens is 797 g/mol. The van der Waals surface area contributed by atoms with Crippen LogP contribution in [0.4, 0.5) is 22.7 Å². The van der Waals surface area contributed by atoms with Crippen LogP contribution in [0.15, 0.2) is 194 Å². The summed E-state index contributed by atoms with van der Waals surface area (Å²) in [5.41, 5.74) is 24.7. The molecule has 0 aliphatic rings. The zero-order valence-corrected chi connectivity index (χ0v) is 38.9. The zero-order valence-electron chi connectivity index (χ0n) is 38.9. The topological polar surface area (TPSA) is 24.1 Å². The first-order valence-corrected chi connectivity index (χ1v) is 23.4. The van der Waals surface area contributed by atoms with E-state index in [4.69, 9.17) is 0 Å². The Labute approximate surface area is 390 Å². The molecule has 0 saturated carbocycles. The van der Waals surface area contributed by atoms with Gasteiger partial charge in [-0.1, -0.05) is 171 Å². The molecule has 10 rings (SSSR count). The minimum Gasteiger partial charge on any atom is -0.356 e. The predicted octanol–water partition coefficient (Wildman–Crippen LogP) is 18.2. The first-order valence-electron chi connectivity index (χ1n) is 23.4. The second-order valence-electron chi connectivity index (χ2n) is 17.9. The third kappa shape index (κ3) is 8.28. The van der Waals surface area contributed by atoms with Gasteiger partial charge in [-0.3, -0.25) is 0 Å². The van der Waals surface area contributed by atoms with Crippen molar-refractivity contribution in [1.29, 1.82) is 0 Å². The molecule has 0 fully saturated rings.